The molecule has 1 atom stereocenters. The third-order valence-electron chi connectivity index (χ3n) is 6.22. The fourth-order valence-corrected chi connectivity index (χ4v) is 6.33. The van der Waals surface area contributed by atoms with E-state index in [2.05, 4.69) is 74.1 Å². The van der Waals surface area contributed by atoms with Gasteiger partial charge in [0.2, 0.25) is 0 Å². The smallest absolute Gasteiger partial charge is 0.0714 e. The highest BCUT2D eigenvalue weighted by atomic mass is 15.3. The molecule has 0 aromatic heterocycles. The van der Waals surface area contributed by atoms with Gasteiger partial charge in [0.1, 0.15) is 0 Å². The van der Waals surface area contributed by atoms with Gasteiger partial charge in [-0.25, -0.2) is 0 Å². The fourth-order valence-electron chi connectivity index (χ4n) is 6.33. The Morgan fingerprint density at radius 2 is 1.26 bits per heavy atom. The van der Waals surface area contributed by atoms with Gasteiger partial charge in [-0.2, -0.15) is 0 Å². The molecule has 1 heterocycles. The summed E-state index contributed by atoms with van der Waals surface area (Å²) in [6, 6.07) is 0.658. The van der Waals surface area contributed by atoms with Crippen LogP contribution in [0.4, 0.5) is 0 Å². The molecule has 2 heteroatoms. The van der Waals surface area contributed by atoms with Crippen LogP contribution in [0.3, 0.4) is 0 Å². The molecule has 1 fully saturated rings. The van der Waals surface area contributed by atoms with Crippen LogP contribution in [0.2, 0.25) is 5.82 Å². The molecule has 0 aliphatic carbocycles. The quantitative estimate of drug-likeness (QED) is 0.555. The van der Waals surface area contributed by atoms with Gasteiger partial charge in [-0.1, -0.05) is 53.8 Å². The summed E-state index contributed by atoms with van der Waals surface area (Å²) in [4.78, 5) is 2.86. The van der Waals surface area contributed by atoms with E-state index in [4.69, 9.17) is 7.85 Å². The molecule has 1 nitrogen and oxygen atoms in total. The minimum atomic E-state index is 0.145. The molecule has 23 heavy (non-hydrogen) atoms. The van der Waals surface area contributed by atoms with Crippen molar-refractivity contribution in [2.24, 2.45) is 10.8 Å². The van der Waals surface area contributed by atoms with Crippen LogP contribution >= 0.6 is 0 Å². The minimum Gasteiger partial charge on any atom is -0.290 e. The van der Waals surface area contributed by atoms with Crippen LogP contribution in [-0.2, 0) is 0 Å². The molecule has 0 aromatic rings. The Morgan fingerprint density at radius 3 is 1.57 bits per heavy atom. The van der Waals surface area contributed by atoms with Crippen molar-refractivity contribution in [3.05, 3.63) is 0 Å². The summed E-state index contributed by atoms with van der Waals surface area (Å²) >= 11 is 0. The van der Waals surface area contributed by atoms with Crippen molar-refractivity contribution in [2.75, 3.05) is 0 Å². The topological polar surface area (TPSA) is 3.24 Å². The normalized spacial score (nSPS) is 28.8. The van der Waals surface area contributed by atoms with Crippen LogP contribution in [0.25, 0.3) is 0 Å². The Bertz CT molecular complexity index is 365. The summed E-state index contributed by atoms with van der Waals surface area (Å²) in [6.07, 6.45) is 6.07. The molecule has 2 radical (unpaired) electrons. The molecular weight excluding hydrogens is 277 g/mol. The van der Waals surface area contributed by atoms with Gasteiger partial charge >= 0.3 is 0 Å². The van der Waals surface area contributed by atoms with Crippen molar-refractivity contribution in [1.82, 2.24) is 4.90 Å². The van der Waals surface area contributed by atoms with E-state index >= 15 is 0 Å². The molecule has 1 unspecified atom stereocenters. The highest BCUT2D eigenvalue weighted by Crippen LogP contribution is 2.55. The monoisotopic (exact) mass is 319 g/mol. The molecule has 0 spiro atoms. The first-order valence-corrected chi connectivity index (χ1v) is 9.76. The maximum Gasteiger partial charge on any atom is 0.0714 e. The predicted molar refractivity (Wildman–Crippen MR) is 105 cm³/mol. The lowest BCUT2D eigenvalue weighted by atomic mass is 9.49. The standard InChI is InChI=1S/C21H42BN/c1-11-13-16(12-2)23-20(7,8)14-18(3,4)17(22)19(5,6)15-21(23,9)10/h16-17H,11-15H2,1-10H3. The van der Waals surface area contributed by atoms with Crippen LogP contribution in [0, 0.1) is 10.8 Å². The number of nitrogens with zero attached hydrogens (tertiary/aromatic N) is 1. The molecule has 0 aromatic carbocycles. The summed E-state index contributed by atoms with van der Waals surface area (Å²) in [5.74, 6) is 0.224. The number of hydrogen-bond donors (Lipinski definition) is 0. The Labute approximate surface area is 148 Å². The van der Waals surface area contributed by atoms with E-state index in [0.717, 1.165) is 12.8 Å². The van der Waals surface area contributed by atoms with Crippen molar-refractivity contribution in [1.29, 1.82) is 0 Å². The van der Waals surface area contributed by atoms with Gasteiger partial charge < -0.3 is 0 Å². The highest BCUT2D eigenvalue weighted by molar-refractivity contribution is 6.12. The maximum absolute atomic E-state index is 6.80. The molecule has 1 saturated heterocycles. The molecule has 134 valence electrons. The average Bonchev–Trinajstić information content (AvgIpc) is 2.32. The van der Waals surface area contributed by atoms with Gasteiger partial charge in [-0.15, -0.1) is 0 Å². The maximum atomic E-state index is 6.80. The summed E-state index contributed by atoms with van der Waals surface area (Å²) in [5, 5.41) is 0. The van der Waals surface area contributed by atoms with Crippen molar-refractivity contribution < 1.29 is 0 Å². The second-order valence-corrected chi connectivity index (χ2v) is 10.7. The molecule has 0 bridgehead atoms. The molecule has 1 aliphatic heterocycles. The first kappa shape index (κ1) is 21.1. The van der Waals surface area contributed by atoms with Crippen LogP contribution in [0.1, 0.15) is 101 Å². The molecular formula is C21H42BN. The molecule has 1 aliphatic rings. The van der Waals surface area contributed by atoms with Crippen LogP contribution < -0.4 is 0 Å². The van der Waals surface area contributed by atoms with E-state index < -0.39 is 0 Å². The Hall–Kier alpha value is 0.0249. The first-order valence-electron chi connectivity index (χ1n) is 9.76. The highest BCUT2D eigenvalue weighted by Gasteiger charge is 2.51. The third-order valence-corrected chi connectivity index (χ3v) is 6.22. The van der Waals surface area contributed by atoms with Gasteiger partial charge in [-0.05, 0) is 64.2 Å². The van der Waals surface area contributed by atoms with Crippen molar-refractivity contribution in [3.63, 3.8) is 0 Å². The summed E-state index contributed by atoms with van der Waals surface area (Å²) in [7, 11) is 6.80. The Morgan fingerprint density at radius 1 is 0.870 bits per heavy atom. The molecule has 0 saturated carbocycles. The lowest BCUT2D eigenvalue weighted by molar-refractivity contribution is -0.0904. The number of rotatable bonds is 4. The van der Waals surface area contributed by atoms with Gasteiger partial charge in [0.25, 0.3) is 0 Å². The Balaban J connectivity index is 3.41. The molecule has 0 N–H and O–H groups in total. The van der Waals surface area contributed by atoms with E-state index in [0.29, 0.717) is 6.04 Å². The van der Waals surface area contributed by atoms with Crippen molar-refractivity contribution in [2.45, 2.75) is 124 Å². The fraction of sp³-hybridized carbons (Fsp3) is 1.00. The lowest BCUT2D eigenvalue weighted by Crippen LogP contribution is -2.64. The summed E-state index contributed by atoms with van der Waals surface area (Å²) in [5.41, 5.74) is 0.618. The van der Waals surface area contributed by atoms with E-state index in [1.165, 1.54) is 19.3 Å². The van der Waals surface area contributed by atoms with Crippen molar-refractivity contribution >= 4 is 7.85 Å². The molecule has 1 rings (SSSR count). The van der Waals surface area contributed by atoms with Gasteiger partial charge in [0.05, 0.1) is 7.85 Å². The van der Waals surface area contributed by atoms with Gasteiger partial charge in [-0.3, -0.25) is 4.90 Å². The van der Waals surface area contributed by atoms with Gasteiger partial charge in [0.15, 0.2) is 0 Å². The summed E-state index contributed by atoms with van der Waals surface area (Å²) < 4.78 is 0. The minimum absolute atomic E-state index is 0.145. The zero-order valence-electron chi connectivity index (χ0n) is 17.7. The number of likely N-dealkylation sites (tertiary alicyclic amines) is 1. The second-order valence-electron chi connectivity index (χ2n) is 10.7. The van der Waals surface area contributed by atoms with E-state index in [9.17, 15) is 0 Å². The second kappa shape index (κ2) is 6.73. The van der Waals surface area contributed by atoms with E-state index in [-0.39, 0.29) is 27.7 Å². The molecule has 0 amide bonds. The largest absolute Gasteiger partial charge is 0.290 e. The summed E-state index contributed by atoms with van der Waals surface area (Å²) in [6.45, 7) is 23.9. The van der Waals surface area contributed by atoms with E-state index in [1.54, 1.807) is 0 Å². The predicted octanol–water partition coefficient (Wildman–Crippen LogP) is 6.23. The van der Waals surface area contributed by atoms with Crippen LogP contribution in [0.15, 0.2) is 0 Å². The Kier molecular flexibility index (Phi) is 6.17. The third kappa shape index (κ3) is 4.36. The van der Waals surface area contributed by atoms with Gasteiger partial charge in [0, 0.05) is 17.1 Å². The SMILES string of the molecule is [B]C1C(C)(C)CC(C)(C)N(C(CC)CCC)C(C)(C)CC1(C)C. The van der Waals surface area contributed by atoms with E-state index in [1.807, 2.05) is 0 Å². The number of hydrogen-bond acceptors (Lipinski definition) is 1. The van der Waals surface area contributed by atoms with Crippen molar-refractivity contribution in [3.8, 4) is 0 Å². The van der Waals surface area contributed by atoms with Crippen LogP contribution in [-0.4, -0.2) is 29.9 Å². The zero-order valence-corrected chi connectivity index (χ0v) is 17.7. The van der Waals surface area contributed by atoms with Crippen LogP contribution in [0.5, 0.6) is 0 Å². The average molecular weight is 319 g/mol. The zero-order chi connectivity index (χ0) is 18.3. The lowest BCUT2D eigenvalue weighted by Gasteiger charge is -2.61. The first-order chi connectivity index (χ1) is 10.2.